The molecule has 0 saturated heterocycles. The molecule has 0 saturated carbocycles. The number of ether oxygens (including phenoxy) is 1. The van der Waals surface area contributed by atoms with Crippen LogP contribution in [0, 0.1) is 10.1 Å². The van der Waals surface area contributed by atoms with Crippen LogP contribution >= 0.6 is 22.9 Å². The number of nitro benzene ring substituents is 1. The van der Waals surface area contributed by atoms with Crippen molar-refractivity contribution < 1.29 is 14.5 Å². The van der Waals surface area contributed by atoms with E-state index in [0.717, 1.165) is 11.3 Å². The summed E-state index contributed by atoms with van der Waals surface area (Å²) < 4.78 is 5.31. The number of thiophene rings is 1. The first-order chi connectivity index (χ1) is 10.0. The van der Waals surface area contributed by atoms with E-state index in [2.05, 4.69) is 0 Å². The number of halogens is 1. The van der Waals surface area contributed by atoms with Crippen LogP contribution in [0.5, 0.6) is 5.75 Å². The van der Waals surface area contributed by atoms with Crippen molar-refractivity contribution in [3.63, 3.8) is 0 Å². The van der Waals surface area contributed by atoms with Gasteiger partial charge >= 0.3 is 0 Å². The fourth-order valence-corrected chi connectivity index (χ4v) is 2.69. The average molecular weight is 326 g/mol. The van der Waals surface area contributed by atoms with Gasteiger partial charge in [0.15, 0.2) is 6.61 Å². The summed E-state index contributed by atoms with van der Waals surface area (Å²) in [6.07, 6.45) is 0.871. The minimum absolute atomic E-state index is 0.131. The molecule has 1 aromatic carbocycles. The monoisotopic (exact) mass is 325 g/mol. The van der Waals surface area contributed by atoms with Crippen molar-refractivity contribution in [3.8, 4) is 5.75 Å². The second-order valence-electron chi connectivity index (χ2n) is 4.20. The van der Waals surface area contributed by atoms with Crippen molar-refractivity contribution in [2.24, 2.45) is 0 Å². The van der Waals surface area contributed by atoms with Gasteiger partial charge in [-0.1, -0.05) is 18.5 Å². The maximum absolute atomic E-state index is 12.0. The predicted octanol–water partition coefficient (Wildman–Crippen LogP) is 4.13. The normalized spacial score (nSPS) is 10.4. The van der Waals surface area contributed by atoms with E-state index in [0.29, 0.717) is 4.88 Å². The van der Waals surface area contributed by atoms with Crippen molar-refractivity contribution in [2.75, 3.05) is 6.61 Å². The third-order valence-electron chi connectivity index (χ3n) is 2.77. The number of hydrogen-bond acceptors (Lipinski definition) is 5. The van der Waals surface area contributed by atoms with E-state index < -0.39 is 4.92 Å². The van der Waals surface area contributed by atoms with Crippen LogP contribution in [0.15, 0.2) is 30.3 Å². The van der Waals surface area contributed by atoms with Gasteiger partial charge in [-0.2, -0.15) is 0 Å². The van der Waals surface area contributed by atoms with Crippen molar-refractivity contribution in [3.05, 3.63) is 55.2 Å². The molecule has 0 fully saturated rings. The Bertz CT molecular complexity index is 683. The van der Waals surface area contributed by atoms with E-state index in [4.69, 9.17) is 16.3 Å². The summed E-state index contributed by atoms with van der Waals surface area (Å²) >= 11 is 7.32. The first-order valence-electron chi connectivity index (χ1n) is 6.20. The van der Waals surface area contributed by atoms with Crippen LogP contribution in [0.2, 0.25) is 5.02 Å². The summed E-state index contributed by atoms with van der Waals surface area (Å²) in [5.74, 6) is -0.0474. The van der Waals surface area contributed by atoms with Gasteiger partial charge in [-0.25, -0.2) is 0 Å². The van der Waals surface area contributed by atoms with Crippen molar-refractivity contribution in [1.29, 1.82) is 0 Å². The Morgan fingerprint density at radius 2 is 2.14 bits per heavy atom. The summed E-state index contributed by atoms with van der Waals surface area (Å²) in [5.41, 5.74) is -0.133. The molecule has 2 aromatic rings. The molecule has 7 heteroatoms. The number of ketones is 1. The maximum atomic E-state index is 12.0. The van der Waals surface area contributed by atoms with Crippen LogP contribution in [-0.4, -0.2) is 17.3 Å². The molecule has 21 heavy (non-hydrogen) atoms. The highest BCUT2D eigenvalue weighted by molar-refractivity contribution is 7.14. The van der Waals surface area contributed by atoms with Crippen molar-refractivity contribution in [2.45, 2.75) is 13.3 Å². The number of nitro groups is 1. The molecule has 0 amide bonds. The fourth-order valence-electron chi connectivity index (χ4n) is 1.65. The molecule has 0 atom stereocenters. The summed E-state index contributed by atoms with van der Waals surface area (Å²) in [5, 5.41) is 10.9. The van der Waals surface area contributed by atoms with Crippen LogP contribution in [0.3, 0.4) is 0 Å². The number of non-ortho nitro benzene ring substituents is 1. The van der Waals surface area contributed by atoms with Crippen molar-refractivity contribution >= 4 is 34.4 Å². The highest BCUT2D eigenvalue weighted by Gasteiger charge is 2.14. The number of Topliss-reactive ketones (excluding diaryl/α,β-unsaturated/α-hetero) is 1. The summed E-state index contributed by atoms with van der Waals surface area (Å²) in [6, 6.07) is 7.52. The number of nitrogens with zero attached hydrogens (tertiary/aromatic N) is 1. The number of carbonyl (C=O) groups is 1. The minimum Gasteiger partial charge on any atom is -0.484 e. The van der Waals surface area contributed by atoms with Crippen LogP contribution < -0.4 is 4.74 Å². The molecule has 1 heterocycles. The van der Waals surface area contributed by atoms with Gasteiger partial charge in [-0.3, -0.25) is 14.9 Å². The second kappa shape index (κ2) is 6.69. The molecule has 0 unspecified atom stereocenters. The van der Waals surface area contributed by atoms with Gasteiger partial charge in [-0.05, 0) is 24.6 Å². The smallest absolute Gasteiger partial charge is 0.273 e. The highest BCUT2D eigenvalue weighted by atomic mass is 35.5. The van der Waals surface area contributed by atoms with E-state index in [1.165, 1.54) is 29.5 Å². The molecular weight excluding hydrogens is 314 g/mol. The lowest BCUT2D eigenvalue weighted by Crippen LogP contribution is -2.10. The Morgan fingerprint density at radius 1 is 1.38 bits per heavy atom. The summed E-state index contributed by atoms with van der Waals surface area (Å²) in [4.78, 5) is 23.9. The van der Waals surface area contributed by atoms with E-state index in [1.807, 2.05) is 13.0 Å². The van der Waals surface area contributed by atoms with E-state index in [9.17, 15) is 14.9 Å². The molecule has 5 nitrogen and oxygen atoms in total. The SMILES string of the molecule is CCc1ccc(C(=O)COc2cc([N+](=O)[O-])ccc2Cl)s1. The zero-order chi connectivity index (χ0) is 15.4. The lowest BCUT2D eigenvalue weighted by molar-refractivity contribution is -0.384. The minimum atomic E-state index is -0.544. The van der Waals surface area contributed by atoms with E-state index in [1.54, 1.807) is 6.07 Å². The Balaban J connectivity index is 2.07. The average Bonchev–Trinajstić information content (AvgIpc) is 2.94. The maximum Gasteiger partial charge on any atom is 0.273 e. The Hall–Kier alpha value is -1.92. The lowest BCUT2D eigenvalue weighted by atomic mass is 10.3. The molecule has 1 aromatic heterocycles. The molecule has 0 N–H and O–H groups in total. The number of aryl methyl sites for hydroxylation is 1. The van der Waals surface area contributed by atoms with Gasteiger partial charge in [0.1, 0.15) is 5.75 Å². The molecule has 0 bridgehead atoms. The van der Waals surface area contributed by atoms with Crippen LogP contribution in [0.4, 0.5) is 5.69 Å². The molecule has 2 rings (SSSR count). The first-order valence-corrected chi connectivity index (χ1v) is 7.39. The molecule has 0 spiro atoms. The van der Waals surface area contributed by atoms with Crippen LogP contribution in [0.1, 0.15) is 21.5 Å². The Morgan fingerprint density at radius 3 is 2.76 bits per heavy atom. The van der Waals surface area contributed by atoms with Gasteiger partial charge in [0.2, 0.25) is 5.78 Å². The van der Waals surface area contributed by atoms with Gasteiger partial charge < -0.3 is 4.74 Å². The number of carbonyl (C=O) groups excluding carboxylic acids is 1. The van der Waals surface area contributed by atoms with Gasteiger partial charge in [0.05, 0.1) is 20.9 Å². The first kappa shape index (κ1) is 15.5. The molecule has 110 valence electrons. The third kappa shape index (κ3) is 3.80. The topological polar surface area (TPSA) is 69.4 Å². The quantitative estimate of drug-likeness (QED) is 0.455. The fraction of sp³-hybridized carbons (Fsp3) is 0.214. The Kier molecular flexibility index (Phi) is 4.93. The standard InChI is InChI=1S/C14H12ClNO4S/c1-2-10-4-6-14(21-10)12(17)8-20-13-7-9(16(18)19)3-5-11(13)15/h3-7H,2,8H2,1H3. The zero-order valence-corrected chi connectivity index (χ0v) is 12.7. The van der Waals surface area contributed by atoms with Gasteiger partial charge in [-0.15, -0.1) is 11.3 Å². The zero-order valence-electron chi connectivity index (χ0n) is 11.2. The predicted molar refractivity (Wildman–Crippen MR) is 81.6 cm³/mol. The van der Waals surface area contributed by atoms with E-state index >= 15 is 0 Å². The van der Waals surface area contributed by atoms with Crippen molar-refractivity contribution in [1.82, 2.24) is 0 Å². The largest absolute Gasteiger partial charge is 0.484 e. The van der Waals surface area contributed by atoms with Crippen LogP contribution in [0.25, 0.3) is 0 Å². The molecule has 0 aliphatic heterocycles. The summed E-state index contributed by atoms with van der Waals surface area (Å²) in [6.45, 7) is 1.81. The van der Waals surface area contributed by atoms with Gasteiger partial charge in [0.25, 0.3) is 5.69 Å². The highest BCUT2D eigenvalue weighted by Crippen LogP contribution is 2.29. The lowest BCUT2D eigenvalue weighted by Gasteiger charge is -2.06. The molecule has 0 radical (unpaired) electrons. The molecule has 0 aliphatic rings. The molecular formula is C14H12ClNO4S. The summed E-state index contributed by atoms with van der Waals surface area (Å²) in [7, 11) is 0. The van der Waals surface area contributed by atoms with Crippen LogP contribution in [-0.2, 0) is 6.42 Å². The third-order valence-corrected chi connectivity index (χ3v) is 4.35. The number of rotatable bonds is 6. The number of benzene rings is 1. The molecule has 0 aliphatic carbocycles. The van der Waals surface area contributed by atoms with E-state index in [-0.39, 0.29) is 28.8 Å². The Labute approximate surface area is 130 Å². The number of hydrogen-bond donors (Lipinski definition) is 0. The van der Waals surface area contributed by atoms with Gasteiger partial charge in [0, 0.05) is 10.9 Å². The second-order valence-corrected chi connectivity index (χ2v) is 5.78.